The largest absolute Gasteiger partial charge is 0.453 e. The first-order valence-corrected chi connectivity index (χ1v) is 6.21. The first-order valence-electron chi connectivity index (χ1n) is 5.42. The molecule has 4 nitrogen and oxygen atoms in total. The Labute approximate surface area is 113 Å². The maximum atomic E-state index is 12.0. The summed E-state index contributed by atoms with van der Waals surface area (Å²) in [4.78, 5) is 12.0. The molecule has 0 N–H and O–H groups in total. The van der Waals surface area contributed by atoms with Crippen LogP contribution in [0.2, 0.25) is 0 Å². The zero-order chi connectivity index (χ0) is 13.1. The van der Waals surface area contributed by atoms with E-state index in [1.54, 1.807) is 6.07 Å². The van der Waals surface area contributed by atoms with Crippen LogP contribution in [0.4, 0.5) is 0 Å². The van der Waals surface area contributed by atoms with Gasteiger partial charge in [-0.1, -0.05) is 15.9 Å². The number of halogens is 1. The Bertz CT molecular complexity index is 557. The molecule has 96 valence electrons. The van der Waals surface area contributed by atoms with Gasteiger partial charge in [-0.15, -0.1) is 0 Å². The molecule has 0 spiro atoms. The molecule has 0 unspecified atom stereocenters. The highest BCUT2D eigenvalue weighted by molar-refractivity contribution is 9.10. The molecule has 0 saturated heterocycles. The Kier molecular flexibility index (Phi) is 4.16. The summed E-state index contributed by atoms with van der Waals surface area (Å²) in [6.07, 6.45) is -0.411. The van der Waals surface area contributed by atoms with Gasteiger partial charge < -0.3 is 13.9 Å². The Morgan fingerprint density at radius 2 is 2.06 bits per heavy atom. The molecular formula is C13H13BrO4. The molecule has 2 aromatic rings. The van der Waals surface area contributed by atoms with Crippen LogP contribution in [0.3, 0.4) is 0 Å². The van der Waals surface area contributed by atoms with Gasteiger partial charge in [0.05, 0.1) is 6.42 Å². The summed E-state index contributed by atoms with van der Waals surface area (Å²) in [5.74, 6) is 0.179. The van der Waals surface area contributed by atoms with Crippen molar-refractivity contribution in [3.63, 3.8) is 0 Å². The Hall–Kier alpha value is -1.17. The quantitative estimate of drug-likeness (QED) is 0.627. The predicted molar refractivity (Wildman–Crippen MR) is 70.7 cm³/mol. The van der Waals surface area contributed by atoms with Crippen LogP contribution in [-0.2, 0) is 9.47 Å². The van der Waals surface area contributed by atoms with Crippen LogP contribution in [0.1, 0.15) is 17.0 Å². The van der Waals surface area contributed by atoms with Gasteiger partial charge in [-0.3, -0.25) is 4.79 Å². The first-order chi connectivity index (χ1) is 8.63. The molecule has 0 aliphatic heterocycles. The van der Waals surface area contributed by atoms with Crippen molar-refractivity contribution >= 4 is 32.7 Å². The lowest BCUT2D eigenvalue weighted by atomic mass is 10.2. The minimum absolute atomic E-state index is 0.133. The molecular weight excluding hydrogens is 300 g/mol. The lowest BCUT2D eigenvalue weighted by Crippen LogP contribution is -2.17. The summed E-state index contributed by atoms with van der Waals surface area (Å²) in [6.45, 7) is 0. The third-order valence-electron chi connectivity index (χ3n) is 2.63. The van der Waals surface area contributed by atoms with E-state index in [9.17, 15) is 4.79 Å². The van der Waals surface area contributed by atoms with Gasteiger partial charge in [-0.2, -0.15) is 0 Å². The number of hydrogen-bond acceptors (Lipinski definition) is 4. The van der Waals surface area contributed by atoms with Crippen LogP contribution in [0, 0.1) is 0 Å². The molecule has 0 aliphatic rings. The molecule has 1 aromatic carbocycles. The van der Waals surface area contributed by atoms with Crippen LogP contribution in [0.25, 0.3) is 11.0 Å². The number of ketones is 1. The molecule has 0 saturated carbocycles. The molecule has 0 radical (unpaired) electrons. The fourth-order valence-corrected chi connectivity index (χ4v) is 2.05. The molecule has 2 rings (SSSR count). The topological polar surface area (TPSA) is 48.7 Å². The molecule has 5 heteroatoms. The van der Waals surface area contributed by atoms with Crippen molar-refractivity contribution in [2.45, 2.75) is 12.7 Å². The third-order valence-corrected chi connectivity index (χ3v) is 3.12. The van der Waals surface area contributed by atoms with Gasteiger partial charge in [-0.25, -0.2) is 0 Å². The molecule has 1 aromatic heterocycles. The van der Waals surface area contributed by atoms with Gasteiger partial charge in [0.25, 0.3) is 0 Å². The summed E-state index contributed by atoms with van der Waals surface area (Å²) in [5.41, 5.74) is 0.688. The minimum Gasteiger partial charge on any atom is -0.453 e. The van der Waals surface area contributed by atoms with Gasteiger partial charge in [0.1, 0.15) is 5.58 Å². The summed E-state index contributed by atoms with van der Waals surface area (Å²) in [7, 11) is 2.99. The van der Waals surface area contributed by atoms with E-state index in [-0.39, 0.29) is 12.2 Å². The van der Waals surface area contributed by atoms with Crippen LogP contribution in [-0.4, -0.2) is 26.3 Å². The lowest BCUT2D eigenvalue weighted by molar-refractivity contribution is -0.0995. The number of rotatable bonds is 5. The van der Waals surface area contributed by atoms with E-state index in [2.05, 4.69) is 15.9 Å². The van der Waals surface area contributed by atoms with Gasteiger partial charge in [0.2, 0.25) is 5.78 Å². The van der Waals surface area contributed by atoms with Crippen molar-refractivity contribution in [2.24, 2.45) is 0 Å². The number of hydrogen-bond donors (Lipinski definition) is 0. The van der Waals surface area contributed by atoms with Gasteiger partial charge >= 0.3 is 0 Å². The SMILES string of the molecule is COC(CC(=O)c1cc2cc(Br)ccc2o1)OC. The van der Waals surface area contributed by atoms with Crippen LogP contribution < -0.4 is 0 Å². The Morgan fingerprint density at radius 1 is 1.33 bits per heavy atom. The zero-order valence-electron chi connectivity index (χ0n) is 10.1. The predicted octanol–water partition coefficient (Wildman–Crippen LogP) is 3.39. The smallest absolute Gasteiger partial charge is 0.203 e. The normalized spacial score (nSPS) is 11.3. The highest BCUT2D eigenvalue weighted by Gasteiger charge is 2.17. The maximum absolute atomic E-state index is 12.0. The number of carbonyl (C=O) groups is 1. The molecule has 0 amide bonds. The van der Waals surface area contributed by atoms with Crippen molar-refractivity contribution in [3.8, 4) is 0 Å². The van der Waals surface area contributed by atoms with E-state index in [0.717, 1.165) is 9.86 Å². The van der Waals surface area contributed by atoms with Gasteiger partial charge in [0, 0.05) is 24.1 Å². The number of methoxy groups -OCH3 is 2. The average molecular weight is 313 g/mol. The van der Waals surface area contributed by atoms with E-state index >= 15 is 0 Å². The van der Waals surface area contributed by atoms with E-state index in [1.165, 1.54) is 14.2 Å². The highest BCUT2D eigenvalue weighted by Crippen LogP contribution is 2.24. The standard InChI is InChI=1S/C13H13BrO4/c1-16-13(17-2)7-10(15)12-6-8-5-9(14)3-4-11(8)18-12/h3-6,13H,7H2,1-2H3. The minimum atomic E-state index is -0.544. The number of carbonyl (C=O) groups excluding carboxylic acids is 1. The first kappa shape index (κ1) is 13.3. The number of Topliss-reactive ketones (excluding diaryl/α,β-unsaturated/α-hetero) is 1. The lowest BCUT2D eigenvalue weighted by Gasteiger charge is -2.10. The molecule has 18 heavy (non-hydrogen) atoms. The molecule has 0 bridgehead atoms. The highest BCUT2D eigenvalue weighted by atomic mass is 79.9. The second-order valence-electron chi connectivity index (χ2n) is 3.82. The number of benzene rings is 1. The summed E-state index contributed by atoms with van der Waals surface area (Å²) in [5, 5.41) is 0.888. The molecule has 0 aliphatic carbocycles. The van der Waals surface area contributed by atoms with Crippen molar-refractivity contribution in [2.75, 3.05) is 14.2 Å². The van der Waals surface area contributed by atoms with Crippen molar-refractivity contribution in [3.05, 3.63) is 34.5 Å². The number of ether oxygens (including phenoxy) is 2. The van der Waals surface area contributed by atoms with E-state index in [0.29, 0.717) is 11.3 Å². The molecule has 0 atom stereocenters. The van der Waals surface area contributed by atoms with E-state index < -0.39 is 6.29 Å². The Balaban J connectivity index is 2.23. The maximum Gasteiger partial charge on any atom is 0.203 e. The fraction of sp³-hybridized carbons (Fsp3) is 0.308. The van der Waals surface area contributed by atoms with E-state index in [4.69, 9.17) is 13.9 Å². The van der Waals surface area contributed by atoms with E-state index in [1.807, 2.05) is 18.2 Å². The monoisotopic (exact) mass is 312 g/mol. The molecule has 1 heterocycles. The van der Waals surface area contributed by atoms with Crippen LogP contribution >= 0.6 is 15.9 Å². The van der Waals surface area contributed by atoms with Gasteiger partial charge in [0.15, 0.2) is 12.1 Å². The average Bonchev–Trinajstić information content (AvgIpc) is 2.78. The third kappa shape index (κ3) is 2.80. The summed E-state index contributed by atoms with van der Waals surface area (Å²) < 4.78 is 16.4. The van der Waals surface area contributed by atoms with Crippen molar-refractivity contribution in [1.82, 2.24) is 0 Å². The number of furan rings is 1. The summed E-state index contributed by atoms with van der Waals surface area (Å²) >= 11 is 3.37. The summed E-state index contributed by atoms with van der Waals surface area (Å²) in [6, 6.07) is 7.32. The second-order valence-corrected chi connectivity index (χ2v) is 4.74. The van der Waals surface area contributed by atoms with Gasteiger partial charge in [-0.05, 0) is 24.3 Å². The van der Waals surface area contributed by atoms with Crippen molar-refractivity contribution < 1.29 is 18.7 Å². The fourth-order valence-electron chi connectivity index (χ4n) is 1.67. The second kappa shape index (κ2) is 5.65. The van der Waals surface area contributed by atoms with Crippen LogP contribution in [0.5, 0.6) is 0 Å². The van der Waals surface area contributed by atoms with Crippen molar-refractivity contribution in [1.29, 1.82) is 0 Å². The van der Waals surface area contributed by atoms with Crippen LogP contribution in [0.15, 0.2) is 33.2 Å². The Morgan fingerprint density at radius 3 is 2.72 bits per heavy atom. The molecule has 0 fully saturated rings. The zero-order valence-corrected chi connectivity index (χ0v) is 11.7. The number of fused-ring (bicyclic) bond motifs is 1.